The van der Waals surface area contributed by atoms with Gasteiger partial charge < -0.3 is 0 Å². The van der Waals surface area contributed by atoms with Gasteiger partial charge in [0, 0.05) is 0 Å². The van der Waals surface area contributed by atoms with E-state index in [0.717, 1.165) is 0 Å². The van der Waals surface area contributed by atoms with Crippen molar-refractivity contribution in [1.29, 1.82) is 0 Å². The van der Waals surface area contributed by atoms with Gasteiger partial charge in [0.25, 0.3) is 0 Å². The van der Waals surface area contributed by atoms with Gasteiger partial charge in [0.05, 0.1) is 0 Å². The van der Waals surface area contributed by atoms with Crippen LogP contribution in [0.3, 0.4) is 0 Å². The van der Waals surface area contributed by atoms with Crippen molar-refractivity contribution in [3.63, 3.8) is 0 Å². The van der Waals surface area contributed by atoms with E-state index in [-0.39, 0.29) is 0 Å². The van der Waals surface area contributed by atoms with Crippen LogP contribution in [0.25, 0.3) is 0 Å². The Morgan fingerprint density at radius 3 is 2.67 bits per heavy atom. The van der Waals surface area contributed by atoms with Crippen molar-refractivity contribution in [2.24, 2.45) is 0 Å². The molecule has 0 unspecified atom stereocenters. The van der Waals surface area contributed by atoms with Crippen LogP contribution in [0.4, 0.5) is 0 Å². The molecule has 0 amide bonds. The first kappa shape index (κ1) is 4.85. The molecule has 0 bridgehead atoms. The molecular weight excluding hydrogens is 103 g/mol. The van der Waals surface area contributed by atoms with Crippen molar-refractivity contribution in [2.45, 2.75) is 0 Å². The first-order valence-corrected chi connectivity index (χ1v) is 3.77. The molecule has 0 N–H and O–H groups in total. The molecule has 0 saturated heterocycles. The monoisotopic (exact) mass is 106 g/mol. The van der Waals surface area contributed by atoms with Crippen LogP contribution in [0.5, 0.6) is 0 Å². The minimum atomic E-state index is 1.21. The summed E-state index contributed by atoms with van der Waals surface area (Å²) in [5.41, 5.74) is 0. The summed E-state index contributed by atoms with van der Waals surface area (Å²) in [5, 5.41) is 2.11. The topological polar surface area (TPSA) is 0 Å². The standard InChI is InChI=1S/C4H3S.Na/c1-2-4-5-3-1;/h1-3H;. The first-order valence-electron chi connectivity index (χ1n) is 1.90. The summed E-state index contributed by atoms with van der Waals surface area (Å²) in [6.45, 7) is 0. The van der Waals surface area contributed by atoms with E-state index in [1.54, 1.807) is 0 Å². The van der Waals surface area contributed by atoms with E-state index in [0.29, 0.717) is 0 Å². The fourth-order valence-corrected chi connectivity index (χ4v) is 1.49. The third kappa shape index (κ3) is 1.09. The van der Waals surface area contributed by atoms with Gasteiger partial charge in [-0.2, -0.15) is 0 Å². The molecule has 6 heavy (non-hydrogen) atoms. The van der Waals surface area contributed by atoms with Gasteiger partial charge >= 0.3 is 58.9 Å². The Kier molecular flexibility index (Phi) is 1.72. The van der Waals surface area contributed by atoms with Gasteiger partial charge in [0.15, 0.2) is 0 Å². The first-order chi connectivity index (χ1) is 2.89. The predicted molar refractivity (Wildman–Crippen MR) is 29.7 cm³/mol. The Balaban J connectivity index is 3.05. The van der Waals surface area contributed by atoms with Gasteiger partial charge in [0.1, 0.15) is 0 Å². The van der Waals surface area contributed by atoms with Gasteiger partial charge in [-0.05, 0) is 0 Å². The van der Waals surface area contributed by atoms with Crippen molar-refractivity contribution in [3.8, 4) is 0 Å². The Labute approximate surface area is 58.6 Å². The van der Waals surface area contributed by atoms with Gasteiger partial charge in [0.2, 0.25) is 0 Å². The maximum absolute atomic E-state index is 2.16. The van der Waals surface area contributed by atoms with E-state index < -0.39 is 0 Å². The molecule has 0 aliphatic rings. The van der Waals surface area contributed by atoms with Crippen LogP contribution >= 0.6 is 11.3 Å². The molecule has 1 heterocycles. The van der Waals surface area contributed by atoms with Crippen LogP contribution in [0, 0.1) is 0 Å². The Hall–Kier alpha value is 0.700. The second kappa shape index (κ2) is 2.12. The van der Waals surface area contributed by atoms with Crippen LogP contribution < -0.4 is 2.13 Å². The van der Waals surface area contributed by atoms with E-state index in [4.69, 9.17) is 0 Å². The molecule has 0 radical (unpaired) electrons. The van der Waals surface area contributed by atoms with E-state index in [2.05, 4.69) is 17.5 Å². The Morgan fingerprint density at radius 1 is 1.67 bits per heavy atom. The summed E-state index contributed by atoms with van der Waals surface area (Å²) in [6, 6.07) is 4.25. The SMILES string of the molecule is [Na][c]1cccs1. The number of thiophene rings is 1. The molecule has 0 aliphatic carbocycles. The average molecular weight is 106 g/mol. The molecule has 2 heteroatoms. The molecule has 0 aromatic carbocycles. The quantitative estimate of drug-likeness (QED) is 0.423. The molecule has 1 rings (SSSR count). The molecule has 0 nitrogen and oxygen atoms in total. The average Bonchev–Trinajstić information content (AvgIpc) is 1.86. The molecule has 0 spiro atoms. The van der Waals surface area contributed by atoms with Crippen molar-refractivity contribution >= 4 is 41.4 Å². The Bertz CT molecular complexity index is 111. The number of hydrogen-bond donors (Lipinski definition) is 0. The summed E-state index contributed by atoms with van der Waals surface area (Å²) in [5.74, 6) is 0. The van der Waals surface area contributed by atoms with E-state index in [1.807, 2.05) is 11.3 Å². The summed E-state index contributed by atoms with van der Waals surface area (Å²) >= 11 is 3.05. The summed E-state index contributed by atoms with van der Waals surface area (Å²) < 4.78 is 1.52. The van der Waals surface area contributed by atoms with Crippen molar-refractivity contribution in [2.75, 3.05) is 0 Å². The van der Waals surface area contributed by atoms with Gasteiger partial charge in [-0.1, -0.05) is 0 Å². The van der Waals surface area contributed by atoms with Gasteiger partial charge in [-0.3, -0.25) is 0 Å². The van der Waals surface area contributed by atoms with Crippen LogP contribution in [0.15, 0.2) is 17.5 Å². The third-order valence-corrected chi connectivity index (χ3v) is 2.50. The van der Waals surface area contributed by atoms with E-state index in [1.165, 1.54) is 30.1 Å². The van der Waals surface area contributed by atoms with Crippen molar-refractivity contribution < 1.29 is 0 Å². The zero-order chi connectivity index (χ0) is 4.41. The van der Waals surface area contributed by atoms with Crippen LogP contribution in [-0.4, -0.2) is 27.9 Å². The number of hydrogen-bond acceptors (Lipinski definition) is 1. The Morgan fingerprint density at radius 2 is 2.50 bits per heavy atom. The van der Waals surface area contributed by atoms with Crippen LogP contribution in [0.1, 0.15) is 0 Å². The third-order valence-electron chi connectivity index (χ3n) is 0.663. The summed E-state index contributed by atoms with van der Waals surface area (Å²) in [7, 11) is 0. The molecule has 1 aromatic heterocycles. The van der Waals surface area contributed by atoms with Crippen molar-refractivity contribution in [1.82, 2.24) is 0 Å². The maximum atomic E-state index is 2.16. The molecule has 0 atom stereocenters. The van der Waals surface area contributed by atoms with Gasteiger partial charge in [-0.25, -0.2) is 0 Å². The van der Waals surface area contributed by atoms with Crippen LogP contribution in [-0.2, 0) is 0 Å². The fraction of sp³-hybridized carbons (Fsp3) is 0. The summed E-state index contributed by atoms with van der Waals surface area (Å²) in [6.07, 6.45) is 0. The van der Waals surface area contributed by atoms with Gasteiger partial charge in [-0.15, -0.1) is 0 Å². The number of rotatable bonds is 0. The summed E-state index contributed by atoms with van der Waals surface area (Å²) in [4.78, 5) is 0. The zero-order valence-electron chi connectivity index (χ0n) is 3.64. The second-order valence-corrected chi connectivity index (χ2v) is 4.18. The van der Waals surface area contributed by atoms with E-state index >= 15 is 0 Å². The predicted octanol–water partition coefficient (Wildman–Crippen LogP) is 0.542. The van der Waals surface area contributed by atoms with Crippen molar-refractivity contribution in [3.05, 3.63) is 17.5 Å². The van der Waals surface area contributed by atoms with Crippen LogP contribution in [0.2, 0.25) is 0 Å². The molecule has 0 aliphatic heterocycles. The molecule has 1 aromatic rings. The molecule has 26 valence electrons. The zero-order valence-corrected chi connectivity index (χ0v) is 6.46. The molecule has 0 fully saturated rings. The second-order valence-electron chi connectivity index (χ2n) is 1.22. The molecule has 0 saturated carbocycles. The normalized spacial score (nSPS) is 9.00. The molecular formula is C4H3NaS. The van der Waals surface area contributed by atoms with E-state index in [9.17, 15) is 0 Å². The minimum absolute atomic E-state index is 1.21. The fourth-order valence-electron chi connectivity index (χ4n) is 0.361.